The van der Waals surface area contributed by atoms with Gasteiger partial charge in [-0.2, -0.15) is 0 Å². The van der Waals surface area contributed by atoms with Crippen LogP contribution in [0.25, 0.3) is 0 Å². The van der Waals surface area contributed by atoms with E-state index in [2.05, 4.69) is 5.32 Å². The van der Waals surface area contributed by atoms with Crippen LogP contribution in [0.2, 0.25) is 0 Å². The summed E-state index contributed by atoms with van der Waals surface area (Å²) in [6.45, 7) is 10.3. The number of anilines is 1. The third kappa shape index (κ3) is 7.31. The molecule has 1 N–H and O–H groups in total. The maximum Gasteiger partial charge on any atom is 0.410 e. The molecule has 8 heteroatoms. The molecule has 0 aromatic heterocycles. The van der Waals surface area contributed by atoms with Crippen molar-refractivity contribution >= 4 is 24.0 Å². The summed E-state index contributed by atoms with van der Waals surface area (Å²) in [5.74, 6) is 0.0256. The number of methoxy groups -OCH3 is 1. The highest BCUT2D eigenvalue weighted by atomic mass is 16.6. The van der Waals surface area contributed by atoms with Crippen molar-refractivity contribution in [1.29, 1.82) is 0 Å². The van der Waals surface area contributed by atoms with Crippen LogP contribution in [0, 0.1) is 0 Å². The lowest BCUT2D eigenvalue weighted by molar-refractivity contribution is -0.106. The minimum absolute atomic E-state index is 0.187. The van der Waals surface area contributed by atoms with Crippen LogP contribution in [0.15, 0.2) is 29.5 Å². The van der Waals surface area contributed by atoms with Gasteiger partial charge in [-0.05, 0) is 51.3 Å². The minimum Gasteiger partial charge on any atom is -0.465 e. The van der Waals surface area contributed by atoms with E-state index >= 15 is 0 Å². The van der Waals surface area contributed by atoms with Gasteiger partial charge in [0.2, 0.25) is 0 Å². The van der Waals surface area contributed by atoms with Gasteiger partial charge in [-0.1, -0.05) is 19.9 Å². The Bertz CT molecular complexity index is 801. The molecule has 0 aliphatic carbocycles. The fourth-order valence-corrected chi connectivity index (χ4v) is 2.98. The maximum atomic E-state index is 12.2. The Labute approximate surface area is 184 Å². The molecule has 1 saturated heterocycles. The van der Waals surface area contributed by atoms with Crippen LogP contribution in [-0.2, 0) is 14.3 Å². The lowest BCUT2D eigenvalue weighted by atomic mass is 10.0. The first-order valence-electron chi connectivity index (χ1n) is 10.4. The highest BCUT2D eigenvalue weighted by Crippen LogP contribution is 2.31. The van der Waals surface area contributed by atoms with E-state index in [0.717, 1.165) is 5.57 Å². The molecule has 31 heavy (non-hydrogen) atoms. The highest BCUT2D eigenvalue weighted by molar-refractivity contribution is 5.97. The second-order valence-corrected chi connectivity index (χ2v) is 7.58. The molecule has 0 bridgehead atoms. The number of nitrogens with one attached hydrogen (secondary N) is 1. The number of esters is 1. The summed E-state index contributed by atoms with van der Waals surface area (Å²) in [4.78, 5) is 37.5. The summed E-state index contributed by atoms with van der Waals surface area (Å²) < 4.78 is 16.0. The average molecular weight is 435 g/mol. The van der Waals surface area contributed by atoms with Crippen molar-refractivity contribution in [2.45, 2.75) is 53.1 Å². The molecule has 0 unspecified atom stereocenters. The smallest absolute Gasteiger partial charge is 0.410 e. The van der Waals surface area contributed by atoms with Gasteiger partial charge in [-0.15, -0.1) is 0 Å². The van der Waals surface area contributed by atoms with Crippen LogP contribution in [0.3, 0.4) is 0 Å². The highest BCUT2D eigenvalue weighted by Gasteiger charge is 2.26. The molecule has 1 fully saturated rings. The van der Waals surface area contributed by atoms with Crippen molar-refractivity contribution < 1.29 is 28.6 Å². The Morgan fingerprint density at radius 2 is 1.74 bits per heavy atom. The van der Waals surface area contributed by atoms with Crippen molar-refractivity contribution in [3.05, 3.63) is 35.1 Å². The molecule has 0 atom stereocenters. The summed E-state index contributed by atoms with van der Waals surface area (Å²) >= 11 is 0. The molecule has 1 aliphatic heterocycles. The first-order valence-corrected chi connectivity index (χ1v) is 10.4. The first kappa shape index (κ1) is 26.0. The van der Waals surface area contributed by atoms with E-state index in [1.807, 2.05) is 34.6 Å². The van der Waals surface area contributed by atoms with Crippen LogP contribution >= 0.6 is 0 Å². The van der Waals surface area contributed by atoms with Crippen molar-refractivity contribution in [2.24, 2.45) is 0 Å². The zero-order chi connectivity index (χ0) is 23.6. The number of ether oxygens (including phenoxy) is 3. The van der Waals surface area contributed by atoms with Crippen molar-refractivity contribution in [1.82, 2.24) is 4.90 Å². The maximum absolute atomic E-state index is 12.2. The zero-order valence-corrected chi connectivity index (χ0v) is 19.5. The van der Waals surface area contributed by atoms with Gasteiger partial charge >= 0.3 is 12.1 Å². The number of nitrogens with zero attached hydrogens (tertiary/aromatic N) is 1. The summed E-state index contributed by atoms with van der Waals surface area (Å²) in [5, 5.41) is 2.92. The van der Waals surface area contributed by atoms with Gasteiger partial charge in [0.15, 0.2) is 17.8 Å². The number of rotatable bonds is 5. The van der Waals surface area contributed by atoms with E-state index in [1.54, 1.807) is 30.1 Å². The quantitative estimate of drug-likeness (QED) is 0.318. The normalized spacial score (nSPS) is 13.4. The standard InChI is InChI=1S/C21H28N2O6.C2H6/c1-21(2,3)29-20(26)23-11-9-14(10-12-23)17(13-24)28-16-8-6-7-15(18(16)22-4)19(25)27-5;1-2/h6-8,13,22H,9-12H2,1-5H3;1-2H3. The second-order valence-electron chi connectivity index (χ2n) is 7.58. The molecule has 1 aromatic rings. The van der Waals surface area contributed by atoms with E-state index in [1.165, 1.54) is 7.11 Å². The van der Waals surface area contributed by atoms with Crippen LogP contribution < -0.4 is 10.1 Å². The van der Waals surface area contributed by atoms with Crippen molar-refractivity contribution in [3.8, 4) is 5.75 Å². The summed E-state index contributed by atoms with van der Waals surface area (Å²) in [6, 6.07) is 4.93. The molecular formula is C23H34N2O6. The average Bonchev–Trinajstić information content (AvgIpc) is 2.77. The predicted molar refractivity (Wildman–Crippen MR) is 119 cm³/mol. The van der Waals surface area contributed by atoms with Crippen LogP contribution in [0.4, 0.5) is 10.5 Å². The topological polar surface area (TPSA) is 94.2 Å². The minimum atomic E-state index is -0.557. The Morgan fingerprint density at radius 1 is 1.13 bits per heavy atom. The summed E-state index contributed by atoms with van der Waals surface area (Å²) in [7, 11) is 2.95. The molecule has 1 amide bonds. The van der Waals surface area contributed by atoms with Crippen molar-refractivity contribution in [3.63, 3.8) is 0 Å². The van der Waals surface area contributed by atoms with Gasteiger partial charge in [0, 0.05) is 20.1 Å². The van der Waals surface area contributed by atoms with E-state index in [-0.39, 0.29) is 11.9 Å². The van der Waals surface area contributed by atoms with E-state index in [0.29, 0.717) is 49.2 Å². The number of carbonyl (C=O) groups is 3. The van der Waals surface area contributed by atoms with Gasteiger partial charge in [0.05, 0.1) is 18.4 Å². The monoisotopic (exact) mass is 434 g/mol. The zero-order valence-electron chi connectivity index (χ0n) is 19.5. The largest absolute Gasteiger partial charge is 0.465 e. The fourth-order valence-electron chi connectivity index (χ4n) is 2.98. The number of carbonyl (C=O) groups excluding carboxylic acids is 3. The molecule has 8 nitrogen and oxygen atoms in total. The lowest BCUT2D eigenvalue weighted by Gasteiger charge is -2.31. The lowest BCUT2D eigenvalue weighted by Crippen LogP contribution is -2.40. The number of hydrogen-bond acceptors (Lipinski definition) is 7. The van der Waals surface area contributed by atoms with Gasteiger partial charge in [-0.3, -0.25) is 4.79 Å². The molecule has 0 radical (unpaired) electrons. The summed E-state index contributed by atoms with van der Waals surface area (Å²) in [6.07, 6.45) is 1.29. The first-order chi connectivity index (χ1) is 14.7. The number of piperidine rings is 1. The SMILES string of the molecule is CC.CNc1c(OC(C=O)=C2CCN(C(=O)OC(C)(C)C)CC2)cccc1C(=O)OC. The molecule has 0 spiro atoms. The number of aldehydes is 1. The molecule has 0 saturated carbocycles. The van der Waals surface area contributed by atoms with Crippen LogP contribution in [0.5, 0.6) is 5.75 Å². The van der Waals surface area contributed by atoms with Gasteiger partial charge in [0.25, 0.3) is 0 Å². The number of amides is 1. The van der Waals surface area contributed by atoms with Crippen molar-refractivity contribution in [2.75, 3.05) is 32.6 Å². The van der Waals surface area contributed by atoms with Crippen LogP contribution in [0.1, 0.15) is 57.8 Å². The fraction of sp³-hybridized carbons (Fsp3) is 0.522. The third-order valence-corrected chi connectivity index (χ3v) is 4.38. The van der Waals surface area contributed by atoms with E-state index in [9.17, 15) is 14.4 Å². The Hall–Kier alpha value is -3.03. The molecule has 1 aromatic carbocycles. The Kier molecular flexibility index (Phi) is 10.0. The molecular weight excluding hydrogens is 400 g/mol. The molecule has 1 aliphatic rings. The number of para-hydroxylation sites is 1. The number of benzene rings is 1. The molecule has 1 heterocycles. The van der Waals surface area contributed by atoms with Gasteiger partial charge in [-0.25, -0.2) is 9.59 Å². The Balaban J connectivity index is 0.00000233. The van der Waals surface area contributed by atoms with Gasteiger partial charge < -0.3 is 24.4 Å². The predicted octanol–water partition coefficient (Wildman–Crippen LogP) is 4.40. The van der Waals surface area contributed by atoms with E-state index < -0.39 is 11.6 Å². The summed E-state index contributed by atoms with van der Waals surface area (Å²) in [5.41, 5.74) is 0.997. The molecule has 172 valence electrons. The third-order valence-electron chi connectivity index (χ3n) is 4.38. The second kappa shape index (κ2) is 12.0. The number of hydrogen-bond donors (Lipinski definition) is 1. The van der Waals surface area contributed by atoms with E-state index in [4.69, 9.17) is 14.2 Å². The Morgan fingerprint density at radius 3 is 2.23 bits per heavy atom. The number of allylic oxidation sites excluding steroid dienone is 1. The van der Waals surface area contributed by atoms with Gasteiger partial charge in [0.1, 0.15) is 5.60 Å². The molecule has 2 rings (SSSR count). The number of likely N-dealkylation sites (tertiary alicyclic amines) is 1. The van der Waals surface area contributed by atoms with Crippen LogP contribution in [-0.4, -0.2) is 56.1 Å².